The molecule has 3 heteroatoms. The summed E-state index contributed by atoms with van der Waals surface area (Å²) in [6, 6.07) is 0. The van der Waals surface area contributed by atoms with Crippen molar-refractivity contribution in [1.82, 2.24) is 15.3 Å². The molecule has 0 spiro atoms. The molecule has 0 amide bonds. The van der Waals surface area contributed by atoms with Gasteiger partial charge < -0.3 is 5.32 Å². The molecule has 1 aromatic rings. The Labute approximate surface area is 127 Å². The molecule has 0 saturated heterocycles. The molecule has 5 aliphatic rings. The fourth-order valence-electron chi connectivity index (χ4n) is 6.13. The standard InChI is InChI=1S/C18H25N3/c1-11-15-10-19-3-2-16(15)21-17(20-11)18-7-12-4-13(8-18)6-14(5-12)9-18/h12-14,19H,2-10H2,1H3. The van der Waals surface area contributed by atoms with Crippen LogP contribution in [0.5, 0.6) is 0 Å². The van der Waals surface area contributed by atoms with Crippen molar-refractivity contribution >= 4 is 0 Å². The predicted octanol–water partition coefficient (Wildman–Crippen LogP) is 2.90. The summed E-state index contributed by atoms with van der Waals surface area (Å²) >= 11 is 0. The second-order valence-electron chi connectivity index (χ2n) is 8.18. The molecule has 1 N–H and O–H groups in total. The number of hydrogen-bond donors (Lipinski definition) is 1. The molecular weight excluding hydrogens is 258 g/mol. The van der Waals surface area contributed by atoms with Crippen LogP contribution in [0.2, 0.25) is 0 Å². The maximum atomic E-state index is 5.11. The minimum absolute atomic E-state index is 0.347. The fraction of sp³-hybridized carbons (Fsp3) is 0.778. The first kappa shape index (κ1) is 12.6. The van der Waals surface area contributed by atoms with Crippen molar-refractivity contribution in [2.45, 2.75) is 63.8 Å². The van der Waals surface area contributed by atoms with Crippen molar-refractivity contribution in [3.8, 4) is 0 Å². The van der Waals surface area contributed by atoms with Gasteiger partial charge in [0.25, 0.3) is 0 Å². The van der Waals surface area contributed by atoms with Crippen molar-refractivity contribution in [1.29, 1.82) is 0 Å². The predicted molar refractivity (Wildman–Crippen MR) is 82.0 cm³/mol. The Morgan fingerprint density at radius 3 is 2.33 bits per heavy atom. The van der Waals surface area contributed by atoms with Crippen molar-refractivity contribution in [3.05, 3.63) is 22.8 Å². The fourth-order valence-corrected chi connectivity index (χ4v) is 6.13. The van der Waals surface area contributed by atoms with E-state index in [0.717, 1.165) is 37.3 Å². The number of aryl methyl sites for hydroxylation is 1. The summed E-state index contributed by atoms with van der Waals surface area (Å²) in [4.78, 5) is 10.1. The van der Waals surface area contributed by atoms with Gasteiger partial charge in [0.1, 0.15) is 5.82 Å². The van der Waals surface area contributed by atoms with Crippen LogP contribution < -0.4 is 5.32 Å². The molecular formula is C18H25N3. The molecule has 4 saturated carbocycles. The molecule has 4 bridgehead atoms. The van der Waals surface area contributed by atoms with Gasteiger partial charge in [-0.15, -0.1) is 0 Å². The van der Waals surface area contributed by atoms with Crippen LogP contribution in [0.3, 0.4) is 0 Å². The van der Waals surface area contributed by atoms with Crippen molar-refractivity contribution in [2.75, 3.05) is 6.54 Å². The van der Waals surface area contributed by atoms with Gasteiger partial charge >= 0.3 is 0 Å². The van der Waals surface area contributed by atoms with Crippen LogP contribution in [-0.2, 0) is 18.4 Å². The maximum absolute atomic E-state index is 5.11. The highest BCUT2D eigenvalue weighted by Gasteiger charge is 2.53. The second-order valence-corrected chi connectivity index (χ2v) is 8.18. The van der Waals surface area contributed by atoms with Gasteiger partial charge in [0, 0.05) is 36.2 Å². The third-order valence-corrected chi connectivity index (χ3v) is 6.65. The summed E-state index contributed by atoms with van der Waals surface area (Å²) in [5, 5.41) is 3.46. The van der Waals surface area contributed by atoms with Gasteiger partial charge in [-0.25, -0.2) is 9.97 Å². The Hall–Kier alpha value is -0.960. The first-order valence-electron chi connectivity index (χ1n) is 8.79. The lowest BCUT2D eigenvalue weighted by atomic mass is 9.49. The lowest BCUT2D eigenvalue weighted by molar-refractivity contribution is -0.00961. The molecule has 0 unspecified atom stereocenters. The normalized spacial score (nSPS) is 40.3. The summed E-state index contributed by atoms with van der Waals surface area (Å²) in [5.74, 6) is 4.13. The molecule has 1 aliphatic heterocycles. The van der Waals surface area contributed by atoms with E-state index in [0.29, 0.717) is 5.41 Å². The van der Waals surface area contributed by atoms with E-state index in [4.69, 9.17) is 9.97 Å². The molecule has 3 nitrogen and oxygen atoms in total. The van der Waals surface area contributed by atoms with E-state index in [2.05, 4.69) is 12.2 Å². The average molecular weight is 283 g/mol. The van der Waals surface area contributed by atoms with Crippen molar-refractivity contribution in [2.24, 2.45) is 17.8 Å². The van der Waals surface area contributed by atoms with Gasteiger partial charge in [0.2, 0.25) is 0 Å². The van der Waals surface area contributed by atoms with Crippen LogP contribution in [0.4, 0.5) is 0 Å². The Morgan fingerprint density at radius 2 is 1.67 bits per heavy atom. The van der Waals surface area contributed by atoms with Crippen LogP contribution >= 0.6 is 0 Å². The summed E-state index contributed by atoms with van der Waals surface area (Å²) in [5.41, 5.74) is 4.29. The van der Waals surface area contributed by atoms with Crippen molar-refractivity contribution < 1.29 is 0 Å². The zero-order valence-corrected chi connectivity index (χ0v) is 13.0. The van der Waals surface area contributed by atoms with E-state index in [-0.39, 0.29) is 0 Å². The van der Waals surface area contributed by atoms with Gasteiger partial charge in [0.05, 0.1) is 5.69 Å². The zero-order valence-electron chi connectivity index (χ0n) is 13.0. The van der Waals surface area contributed by atoms with Crippen LogP contribution in [-0.4, -0.2) is 16.5 Å². The Bertz CT molecular complexity index is 557. The number of hydrogen-bond acceptors (Lipinski definition) is 3. The maximum Gasteiger partial charge on any atom is 0.135 e. The van der Waals surface area contributed by atoms with E-state index in [1.54, 1.807) is 0 Å². The summed E-state index contributed by atoms with van der Waals surface area (Å²) in [6.45, 7) is 4.23. The van der Waals surface area contributed by atoms with E-state index in [1.807, 2.05) is 0 Å². The van der Waals surface area contributed by atoms with Crippen LogP contribution in [0.15, 0.2) is 0 Å². The topological polar surface area (TPSA) is 37.8 Å². The third-order valence-electron chi connectivity index (χ3n) is 6.65. The van der Waals surface area contributed by atoms with Gasteiger partial charge in [-0.2, -0.15) is 0 Å². The molecule has 0 radical (unpaired) electrons. The lowest BCUT2D eigenvalue weighted by Gasteiger charge is -2.56. The smallest absolute Gasteiger partial charge is 0.135 e. The van der Waals surface area contributed by atoms with E-state index in [9.17, 15) is 0 Å². The largest absolute Gasteiger partial charge is 0.312 e. The number of rotatable bonds is 1. The second kappa shape index (κ2) is 4.28. The molecule has 112 valence electrons. The van der Waals surface area contributed by atoms with E-state index >= 15 is 0 Å². The highest BCUT2D eigenvalue weighted by Crippen LogP contribution is 2.60. The minimum Gasteiger partial charge on any atom is -0.312 e. The van der Waals surface area contributed by atoms with Crippen molar-refractivity contribution in [3.63, 3.8) is 0 Å². The van der Waals surface area contributed by atoms with Crippen LogP contribution in [0.25, 0.3) is 0 Å². The highest BCUT2D eigenvalue weighted by atomic mass is 15.0. The molecule has 0 atom stereocenters. The quantitative estimate of drug-likeness (QED) is 0.861. The molecule has 0 aromatic carbocycles. The number of nitrogens with zero attached hydrogens (tertiary/aromatic N) is 2. The van der Waals surface area contributed by atoms with Gasteiger partial charge in [-0.3, -0.25) is 0 Å². The van der Waals surface area contributed by atoms with Gasteiger partial charge in [-0.1, -0.05) is 0 Å². The van der Waals surface area contributed by atoms with Crippen LogP contribution in [0, 0.1) is 24.7 Å². The Morgan fingerprint density at radius 1 is 1.00 bits per heavy atom. The summed E-state index contributed by atoms with van der Waals surface area (Å²) in [7, 11) is 0. The Kier molecular flexibility index (Phi) is 2.56. The third kappa shape index (κ3) is 1.82. The molecule has 6 rings (SSSR count). The number of nitrogens with one attached hydrogen (secondary N) is 1. The lowest BCUT2D eigenvalue weighted by Crippen LogP contribution is -2.49. The Balaban J connectivity index is 1.59. The minimum atomic E-state index is 0.347. The molecule has 1 aromatic heterocycles. The van der Waals surface area contributed by atoms with Crippen LogP contribution in [0.1, 0.15) is 61.3 Å². The molecule has 4 aliphatic carbocycles. The average Bonchev–Trinajstić information content (AvgIpc) is 2.46. The summed E-state index contributed by atoms with van der Waals surface area (Å²) in [6.07, 6.45) is 9.67. The van der Waals surface area contributed by atoms with Gasteiger partial charge in [0.15, 0.2) is 0 Å². The summed E-state index contributed by atoms with van der Waals surface area (Å²) < 4.78 is 0. The number of fused-ring (bicyclic) bond motifs is 1. The first-order valence-corrected chi connectivity index (χ1v) is 8.79. The molecule has 4 fully saturated rings. The van der Waals surface area contributed by atoms with Gasteiger partial charge in [-0.05, 0) is 63.2 Å². The molecule has 21 heavy (non-hydrogen) atoms. The van der Waals surface area contributed by atoms with E-state index < -0.39 is 0 Å². The SMILES string of the molecule is Cc1nc(C23CC4CC(CC(C4)C2)C3)nc2c1CNCC2. The first-order chi connectivity index (χ1) is 10.2. The monoisotopic (exact) mass is 283 g/mol. The number of aromatic nitrogens is 2. The highest BCUT2D eigenvalue weighted by molar-refractivity contribution is 5.30. The van der Waals surface area contributed by atoms with E-state index in [1.165, 1.54) is 61.3 Å². The zero-order chi connectivity index (χ0) is 14.0. The molecule has 2 heterocycles.